The number of fused-ring (bicyclic) bond motifs is 1. The summed E-state index contributed by atoms with van der Waals surface area (Å²) in [4.78, 5) is 12.5. The van der Waals surface area contributed by atoms with Gasteiger partial charge in [-0.2, -0.15) is 0 Å². The molecule has 2 nitrogen and oxygen atoms in total. The van der Waals surface area contributed by atoms with Crippen molar-refractivity contribution in [2.24, 2.45) is 11.3 Å². The molecule has 23 heavy (non-hydrogen) atoms. The van der Waals surface area contributed by atoms with Gasteiger partial charge in [0, 0.05) is 5.92 Å². The first-order valence-corrected chi connectivity index (χ1v) is 8.16. The maximum absolute atomic E-state index is 12.5. The Morgan fingerprint density at radius 1 is 1.09 bits per heavy atom. The summed E-state index contributed by atoms with van der Waals surface area (Å²) in [6.45, 7) is 4.68. The van der Waals surface area contributed by atoms with E-state index in [1.807, 2.05) is 6.07 Å². The summed E-state index contributed by atoms with van der Waals surface area (Å²) in [6, 6.07) is 18.8. The molecule has 1 saturated carbocycles. The van der Waals surface area contributed by atoms with Crippen molar-refractivity contribution in [1.29, 1.82) is 0 Å². The lowest BCUT2D eigenvalue weighted by atomic mass is 9.74. The van der Waals surface area contributed by atoms with Crippen molar-refractivity contribution in [3.8, 4) is 11.1 Å². The summed E-state index contributed by atoms with van der Waals surface area (Å²) < 4.78 is 5.41. The van der Waals surface area contributed by atoms with Crippen LogP contribution in [0.15, 0.2) is 66.7 Å². The van der Waals surface area contributed by atoms with Crippen LogP contribution in [0.2, 0.25) is 0 Å². The maximum atomic E-state index is 12.5. The van der Waals surface area contributed by atoms with E-state index in [9.17, 15) is 4.79 Å². The van der Waals surface area contributed by atoms with Crippen LogP contribution in [0.1, 0.15) is 18.4 Å². The molecule has 1 heterocycles. The number of hydrogen-bond donors (Lipinski definition) is 0. The molecule has 0 bridgehead atoms. The highest BCUT2D eigenvalue weighted by Crippen LogP contribution is 2.53. The number of hydrogen-bond acceptors (Lipinski definition) is 2. The molecule has 1 aliphatic heterocycles. The lowest BCUT2D eigenvalue weighted by Crippen LogP contribution is -2.31. The first kappa shape index (κ1) is 14.3. The van der Waals surface area contributed by atoms with Gasteiger partial charge in [-0.25, -0.2) is 0 Å². The predicted molar refractivity (Wildman–Crippen MR) is 90.8 cm³/mol. The first-order valence-electron chi connectivity index (χ1n) is 8.16. The summed E-state index contributed by atoms with van der Waals surface area (Å²) in [7, 11) is 0. The van der Waals surface area contributed by atoms with Gasteiger partial charge in [0.1, 0.15) is 0 Å². The van der Waals surface area contributed by atoms with E-state index in [0.717, 1.165) is 19.3 Å². The molecule has 2 aromatic rings. The van der Waals surface area contributed by atoms with Crippen LogP contribution in [0.5, 0.6) is 0 Å². The lowest BCUT2D eigenvalue weighted by Gasteiger charge is -2.25. The Kier molecular flexibility index (Phi) is 3.33. The van der Waals surface area contributed by atoms with Crippen molar-refractivity contribution in [3.05, 3.63) is 72.3 Å². The molecule has 1 saturated heterocycles. The number of benzene rings is 2. The van der Waals surface area contributed by atoms with Crippen LogP contribution >= 0.6 is 0 Å². The third-order valence-corrected chi connectivity index (χ3v) is 5.31. The molecule has 2 fully saturated rings. The number of rotatable bonds is 3. The van der Waals surface area contributed by atoms with E-state index < -0.39 is 5.41 Å². The second-order valence-electron chi connectivity index (χ2n) is 6.78. The smallest absolute Gasteiger partial charge is 0.313 e. The van der Waals surface area contributed by atoms with Crippen LogP contribution in [0.4, 0.5) is 0 Å². The van der Waals surface area contributed by atoms with Crippen LogP contribution in [-0.4, -0.2) is 12.6 Å². The minimum atomic E-state index is -0.401. The van der Waals surface area contributed by atoms with Crippen molar-refractivity contribution in [1.82, 2.24) is 0 Å². The van der Waals surface area contributed by atoms with Gasteiger partial charge in [-0.15, -0.1) is 0 Å². The molecule has 1 aliphatic carbocycles. The fourth-order valence-electron chi connectivity index (χ4n) is 4.18. The van der Waals surface area contributed by atoms with Crippen LogP contribution in [0.3, 0.4) is 0 Å². The van der Waals surface area contributed by atoms with E-state index in [0.29, 0.717) is 6.61 Å². The zero-order valence-electron chi connectivity index (χ0n) is 13.1. The number of allylic oxidation sites excluding steroid dienone is 1. The molecule has 116 valence electrons. The lowest BCUT2D eigenvalue weighted by molar-refractivity contribution is -0.146. The topological polar surface area (TPSA) is 26.3 Å². The standard InChI is InChI=1S/C21H20O2/c1-15-11-18-14-23-20(22)21(18,12-15)13-17-9-5-6-10-19(17)16-7-3-2-4-8-16/h2-10,18H,1,11-14H2. The fraction of sp³-hybridized carbons (Fsp3) is 0.286. The van der Waals surface area contributed by atoms with Crippen molar-refractivity contribution in [3.63, 3.8) is 0 Å². The van der Waals surface area contributed by atoms with Crippen LogP contribution < -0.4 is 0 Å². The Hall–Kier alpha value is -2.35. The number of ether oxygens (including phenoxy) is 1. The highest BCUT2D eigenvalue weighted by molar-refractivity contribution is 5.82. The second-order valence-corrected chi connectivity index (χ2v) is 6.78. The Bertz CT molecular complexity index is 762. The molecule has 0 amide bonds. The normalized spacial score (nSPS) is 26.2. The summed E-state index contributed by atoms with van der Waals surface area (Å²) in [5.74, 6) is 0.246. The summed E-state index contributed by atoms with van der Waals surface area (Å²) in [5, 5.41) is 0. The highest BCUT2D eigenvalue weighted by Gasteiger charge is 2.56. The minimum absolute atomic E-state index is 0.0379. The van der Waals surface area contributed by atoms with Gasteiger partial charge in [-0.1, -0.05) is 66.7 Å². The third kappa shape index (κ3) is 2.29. The van der Waals surface area contributed by atoms with Gasteiger partial charge in [0.05, 0.1) is 12.0 Å². The van der Waals surface area contributed by atoms with Crippen molar-refractivity contribution in [2.45, 2.75) is 19.3 Å². The van der Waals surface area contributed by atoms with E-state index in [1.165, 1.54) is 22.3 Å². The number of carbonyl (C=O) groups is 1. The van der Waals surface area contributed by atoms with Crippen molar-refractivity contribution in [2.75, 3.05) is 6.61 Å². The van der Waals surface area contributed by atoms with Crippen LogP contribution in [0.25, 0.3) is 11.1 Å². The zero-order valence-corrected chi connectivity index (χ0v) is 13.1. The first-order chi connectivity index (χ1) is 11.2. The average Bonchev–Trinajstić information content (AvgIpc) is 3.04. The van der Waals surface area contributed by atoms with Gasteiger partial charge in [0.15, 0.2) is 0 Å². The molecular formula is C21H20O2. The molecule has 0 N–H and O–H groups in total. The van der Waals surface area contributed by atoms with E-state index in [-0.39, 0.29) is 11.9 Å². The molecule has 0 aromatic heterocycles. The number of esters is 1. The number of carbonyl (C=O) groups excluding carboxylic acids is 1. The molecule has 0 spiro atoms. The highest BCUT2D eigenvalue weighted by atomic mass is 16.5. The van der Waals surface area contributed by atoms with Gasteiger partial charge in [0.25, 0.3) is 0 Å². The van der Waals surface area contributed by atoms with Gasteiger partial charge in [-0.3, -0.25) is 4.79 Å². The minimum Gasteiger partial charge on any atom is -0.465 e. The van der Waals surface area contributed by atoms with Crippen LogP contribution in [0, 0.1) is 11.3 Å². The monoisotopic (exact) mass is 304 g/mol. The van der Waals surface area contributed by atoms with Gasteiger partial charge in [0.2, 0.25) is 0 Å². The van der Waals surface area contributed by atoms with Crippen molar-refractivity contribution >= 4 is 5.97 Å². The molecule has 4 rings (SSSR count). The van der Waals surface area contributed by atoms with Crippen LogP contribution in [-0.2, 0) is 16.0 Å². The molecule has 2 unspecified atom stereocenters. The average molecular weight is 304 g/mol. The molecule has 2 heteroatoms. The third-order valence-electron chi connectivity index (χ3n) is 5.31. The van der Waals surface area contributed by atoms with E-state index >= 15 is 0 Å². The summed E-state index contributed by atoms with van der Waals surface area (Å²) in [6.07, 6.45) is 2.42. The Balaban J connectivity index is 1.75. The molecule has 0 radical (unpaired) electrons. The summed E-state index contributed by atoms with van der Waals surface area (Å²) >= 11 is 0. The largest absolute Gasteiger partial charge is 0.465 e. The summed E-state index contributed by atoms with van der Waals surface area (Å²) in [5.41, 5.74) is 4.40. The van der Waals surface area contributed by atoms with Gasteiger partial charge < -0.3 is 4.74 Å². The Morgan fingerprint density at radius 2 is 1.83 bits per heavy atom. The Morgan fingerprint density at radius 3 is 2.65 bits per heavy atom. The SMILES string of the molecule is C=C1CC2COC(=O)C2(Cc2ccccc2-c2ccccc2)C1. The molecule has 2 atom stereocenters. The maximum Gasteiger partial charge on any atom is 0.313 e. The fourth-order valence-corrected chi connectivity index (χ4v) is 4.18. The van der Waals surface area contributed by atoms with Gasteiger partial charge >= 0.3 is 5.97 Å². The number of cyclic esters (lactones) is 1. The zero-order chi connectivity index (χ0) is 15.9. The molecule has 2 aromatic carbocycles. The van der Waals surface area contributed by atoms with E-state index in [2.05, 4.69) is 55.1 Å². The second kappa shape index (κ2) is 5.38. The Labute approximate surface area is 136 Å². The predicted octanol–water partition coefficient (Wildman–Crippen LogP) is 4.41. The van der Waals surface area contributed by atoms with Gasteiger partial charge in [-0.05, 0) is 36.0 Å². The van der Waals surface area contributed by atoms with E-state index in [1.54, 1.807) is 0 Å². The molecule has 2 aliphatic rings. The van der Waals surface area contributed by atoms with E-state index in [4.69, 9.17) is 4.74 Å². The van der Waals surface area contributed by atoms with Crippen molar-refractivity contribution < 1.29 is 9.53 Å². The quantitative estimate of drug-likeness (QED) is 0.620. The molecular weight excluding hydrogens is 284 g/mol.